The van der Waals surface area contributed by atoms with Gasteiger partial charge in [-0.15, -0.1) is 11.3 Å². The van der Waals surface area contributed by atoms with Crippen molar-refractivity contribution in [3.63, 3.8) is 0 Å². The smallest absolute Gasteiger partial charge is 0.319 e. The summed E-state index contributed by atoms with van der Waals surface area (Å²) in [7, 11) is 0. The van der Waals surface area contributed by atoms with Gasteiger partial charge in [-0.05, 0) is 39.1 Å². The molecule has 0 aromatic carbocycles. The fourth-order valence-corrected chi connectivity index (χ4v) is 2.73. The van der Waals surface area contributed by atoms with Crippen molar-refractivity contribution >= 4 is 23.1 Å². The van der Waals surface area contributed by atoms with Crippen LogP contribution in [-0.4, -0.2) is 15.8 Å². The van der Waals surface area contributed by atoms with Crippen LogP contribution >= 0.6 is 11.3 Å². The molecule has 0 saturated carbocycles. The number of aryl methyl sites for hydroxylation is 1. The molecule has 0 aliphatic heterocycles. The van der Waals surface area contributed by atoms with Gasteiger partial charge in [-0.3, -0.25) is 4.68 Å². The molecule has 108 valence electrons. The third-order valence-corrected chi connectivity index (χ3v) is 3.93. The molecule has 0 bridgehead atoms. The van der Waals surface area contributed by atoms with Crippen LogP contribution in [-0.2, 0) is 6.54 Å². The first-order valence-corrected chi connectivity index (χ1v) is 7.50. The van der Waals surface area contributed by atoms with Crippen LogP contribution in [0.15, 0.2) is 17.5 Å². The molecule has 0 saturated heterocycles. The number of carbonyl (C=O) groups is 1. The second kappa shape index (κ2) is 6.09. The molecular formula is C14H20N4OS. The molecule has 0 radical (unpaired) electrons. The van der Waals surface area contributed by atoms with Crippen molar-refractivity contribution in [3.8, 4) is 0 Å². The number of urea groups is 1. The first-order chi connectivity index (χ1) is 9.49. The summed E-state index contributed by atoms with van der Waals surface area (Å²) in [5, 5.41) is 12.2. The van der Waals surface area contributed by atoms with Gasteiger partial charge in [0.15, 0.2) is 0 Å². The quantitative estimate of drug-likeness (QED) is 0.906. The van der Waals surface area contributed by atoms with Crippen LogP contribution in [0.2, 0.25) is 0 Å². The van der Waals surface area contributed by atoms with E-state index >= 15 is 0 Å². The van der Waals surface area contributed by atoms with Crippen molar-refractivity contribution in [2.75, 3.05) is 5.32 Å². The maximum atomic E-state index is 11.9. The van der Waals surface area contributed by atoms with E-state index in [1.807, 2.05) is 36.0 Å². The Balaban J connectivity index is 2.01. The van der Waals surface area contributed by atoms with E-state index in [2.05, 4.69) is 29.6 Å². The molecule has 2 heterocycles. The van der Waals surface area contributed by atoms with Gasteiger partial charge in [0.2, 0.25) is 0 Å². The molecule has 20 heavy (non-hydrogen) atoms. The summed E-state index contributed by atoms with van der Waals surface area (Å²) in [6.07, 6.45) is 0. The standard InChI is InChI=1S/C14H20N4OS/c1-9(2)18-11(4)13(10(3)17-18)16-14(19)15-8-12-6-5-7-20-12/h5-7,9H,8H2,1-4H3,(H2,15,16,19). The Morgan fingerprint density at radius 1 is 1.45 bits per heavy atom. The minimum atomic E-state index is -0.201. The van der Waals surface area contributed by atoms with Gasteiger partial charge in [0.05, 0.1) is 23.6 Å². The first kappa shape index (κ1) is 14.6. The lowest BCUT2D eigenvalue weighted by Gasteiger charge is -2.10. The van der Waals surface area contributed by atoms with E-state index in [1.165, 1.54) is 0 Å². The molecule has 2 aromatic heterocycles. The highest BCUT2D eigenvalue weighted by Crippen LogP contribution is 2.22. The summed E-state index contributed by atoms with van der Waals surface area (Å²) >= 11 is 1.63. The summed E-state index contributed by atoms with van der Waals surface area (Å²) in [4.78, 5) is 13.1. The molecule has 0 spiro atoms. The van der Waals surface area contributed by atoms with E-state index < -0.39 is 0 Å². The molecule has 6 heteroatoms. The number of nitrogens with one attached hydrogen (secondary N) is 2. The average molecular weight is 292 g/mol. The molecule has 2 rings (SSSR count). The van der Waals surface area contributed by atoms with Crippen molar-refractivity contribution in [3.05, 3.63) is 33.8 Å². The van der Waals surface area contributed by atoms with E-state index in [4.69, 9.17) is 0 Å². The zero-order valence-corrected chi connectivity index (χ0v) is 13.0. The number of nitrogens with zero attached hydrogens (tertiary/aromatic N) is 2. The normalized spacial score (nSPS) is 10.8. The van der Waals surface area contributed by atoms with Gasteiger partial charge in [-0.2, -0.15) is 5.10 Å². The Kier molecular flexibility index (Phi) is 4.44. The predicted octanol–water partition coefficient (Wildman–Crippen LogP) is 3.46. The molecule has 2 amide bonds. The van der Waals surface area contributed by atoms with Crippen molar-refractivity contribution in [1.29, 1.82) is 0 Å². The molecule has 0 atom stereocenters. The number of hydrogen-bond acceptors (Lipinski definition) is 3. The largest absolute Gasteiger partial charge is 0.333 e. The van der Waals surface area contributed by atoms with Gasteiger partial charge < -0.3 is 10.6 Å². The number of thiophene rings is 1. The highest BCUT2D eigenvalue weighted by atomic mass is 32.1. The zero-order chi connectivity index (χ0) is 14.7. The summed E-state index contributed by atoms with van der Waals surface area (Å²) in [6.45, 7) is 8.55. The van der Waals surface area contributed by atoms with Crippen LogP contribution in [0, 0.1) is 13.8 Å². The van der Waals surface area contributed by atoms with E-state index in [1.54, 1.807) is 11.3 Å². The minimum Gasteiger partial charge on any atom is -0.333 e. The molecule has 2 N–H and O–H groups in total. The molecule has 0 unspecified atom stereocenters. The number of amides is 2. The van der Waals surface area contributed by atoms with Crippen LogP contribution in [0.5, 0.6) is 0 Å². The number of rotatable bonds is 4. The predicted molar refractivity (Wildman–Crippen MR) is 82.3 cm³/mol. The topological polar surface area (TPSA) is 59.0 Å². The fraction of sp³-hybridized carbons (Fsp3) is 0.429. The minimum absolute atomic E-state index is 0.201. The maximum Gasteiger partial charge on any atom is 0.319 e. The molecule has 0 aliphatic rings. The molecule has 0 fully saturated rings. The van der Waals surface area contributed by atoms with E-state index in [0.717, 1.165) is 22.0 Å². The third-order valence-electron chi connectivity index (χ3n) is 3.06. The second-order valence-corrected chi connectivity index (χ2v) is 6.00. The van der Waals surface area contributed by atoms with Crippen molar-refractivity contribution in [2.45, 2.75) is 40.3 Å². The molecule has 2 aromatic rings. The lowest BCUT2D eigenvalue weighted by molar-refractivity contribution is 0.252. The number of hydrogen-bond donors (Lipinski definition) is 2. The summed E-state index contributed by atoms with van der Waals surface area (Å²) in [5.41, 5.74) is 2.61. The molecule has 0 aliphatic carbocycles. The van der Waals surface area contributed by atoms with Crippen molar-refractivity contribution in [1.82, 2.24) is 15.1 Å². The Bertz CT molecular complexity index is 587. The van der Waals surface area contributed by atoms with E-state index in [9.17, 15) is 4.79 Å². The second-order valence-electron chi connectivity index (χ2n) is 4.97. The molecular weight excluding hydrogens is 272 g/mol. The lowest BCUT2D eigenvalue weighted by Crippen LogP contribution is -2.28. The zero-order valence-electron chi connectivity index (χ0n) is 12.2. The van der Waals surface area contributed by atoms with Crippen LogP contribution in [0.25, 0.3) is 0 Å². The van der Waals surface area contributed by atoms with E-state index in [-0.39, 0.29) is 12.1 Å². The van der Waals surface area contributed by atoms with Gasteiger partial charge in [-0.1, -0.05) is 6.07 Å². The third kappa shape index (κ3) is 3.19. The maximum absolute atomic E-state index is 11.9. The summed E-state index contributed by atoms with van der Waals surface area (Å²) in [6, 6.07) is 4.05. The monoisotopic (exact) mass is 292 g/mol. The Labute approximate surface area is 123 Å². The van der Waals surface area contributed by atoms with Gasteiger partial charge in [-0.25, -0.2) is 4.79 Å². The summed E-state index contributed by atoms with van der Waals surface area (Å²) in [5.74, 6) is 0. The number of aromatic nitrogens is 2. The first-order valence-electron chi connectivity index (χ1n) is 6.62. The number of anilines is 1. The van der Waals surface area contributed by atoms with Gasteiger partial charge >= 0.3 is 6.03 Å². The highest BCUT2D eigenvalue weighted by molar-refractivity contribution is 7.09. The van der Waals surface area contributed by atoms with Crippen molar-refractivity contribution < 1.29 is 4.79 Å². The lowest BCUT2D eigenvalue weighted by atomic mass is 10.3. The van der Waals surface area contributed by atoms with Crippen LogP contribution < -0.4 is 10.6 Å². The van der Waals surface area contributed by atoms with Crippen LogP contribution in [0.3, 0.4) is 0 Å². The molecule has 5 nitrogen and oxygen atoms in total. The average Bonchev–Trinajstić information content (AvgIpc) is 2.99. The fourth-order valence-electron chi connectivity index (χ4n) is 2.08. The SMILES string of the molecule is Cc1nn(C(C)C)c(C)c1NC(=O)NCc1cccs1. The van der Waals surface area contributed by atoms with Crippen LogP contribution in [0.4, 0.5) is 10.5 Å². The van der Waals surface area contributed by atoms with Gasteiger partial charge in [0.1, 0.15) is 0 Å². The van der Waals surface area contributed by atoms with E-state index in [0.29, 0.717) is 6.54 Å². The number of carbonyl (C=O) groups excluding carboxylic acids is 1. The van der Waals surface area contributed by atoms with Gasteiger partial charge in [0.25, 0.3) is 0 Å². The highest BCUT2D eigenvalue weighted by Gasteiger charge is 2.15. The Morgan fingerprint density at radius 3 is 2.75 bits per heavy atom. The summed E-state index contributed by atoms with van der Waals surface area (Å²) < 4.78 is 1.92. The Morgan fingerprint density at radius 2 is 2.20 bits per heavy atom. The Hall–Kier alpha value is -1.82. The van der Waals surface area contributed by atoms with Crippen molar-refractivity contribution in [2.24, 2.45) is 0 Å². The van der Waals surface area contributed by atoms with Crippen LogP contribution in [0.1, 0.15) is 36.2 Å². The van der Waals surface area contributed by atoms with Gasteiger partial charge in [0, 0.05) is 10.9 Å².